The molecule has 0 unspecified atom stereocenters. The van der Waals surface area contributed by atoms with Gasteiger partial charge in [0.15, 0.2) is 12.4 Å². The van der Waals surface area contributed by atoms with Gasteiger partial charge in [0.25, 0.3) is 0 Å². The molecule has 0 bridgehead atoms. The highest BCUT2D eigenvalue weighted by atomic mass is 16.5. The number of hydrogen-bond acceptors (Lipinski definition) is 3. The number of carbonyl (C=O) groups excluding carboxylic acids is 1. The molecule has 0 saturated carbocycles. The zero-order valence-electron chi connectivity index (χ0n) is 10.7. The van der Waals surface area contributed by atoms with Crippen LogP contribution in [0.2, 0.25) is 0 Å². The van der Waals surface area contributed by atoms with E-state index in [2.05, 4.69) is 0 Å². The minimum absolute atomic E-state index is 0.0474. The Labute approximate surface area is 101 Å². The van der Waals surface area contributed by atoms with E-state index in [0.29, 0.717) is 11.5 Å². The van der Waals surface area contributed by atoms with E-state index in [9.17, 15) is 4.79 Å². The molecule has 0 spiro atoms. The summed E-state index contributed by atoms with van der Waals surface area (Å²) < 4.78 is 12.2. The molecule has 1 aromatic rings. The second-order valence-electron chi connectivity index (χ2n) is 3.85. The second-order valence-corrected chi connectivity index (χ2v) is 3.85. The van der Waals surface area contributed by atoms with E-state index in [0.717, 1.165) is 5.75 Å². The molecule has 1 rings (SSSR count). The fourth-order valence-corrected chi connectivity index (χ4v) is 1.16. The van der Waals surface area contributed by atoms with Crippen LogP contribution in [0, 0.1) is 0 Å². The number of Topliss-reactive ketones (excluding diaryl/α,β-unsaturated/α-hetero) is 1. The normalized spacial score (nSPS) is 9.65. The average Bonchev–Trinajstić information content (AvgIpc) is 2.35. The van der Waals surface area contributed by atoms with Gasteiger partial charge in [0.1, 0.15) is 19.8 Å². The van der Waals surface area contributed by atoms with Crippen LogP contribution in [0.3, 0.4) is 0 Å². The van der Waals surface area contributed by atoms with Crippen molar-refractivity contribution < 1.29 is 18.8 Å². The summed E-state index contributed by atoms with van der Waals surface area (Å²) >= 11 is 0. The maximum absolute atomic E-state index is 11.8. The zero-order chi connectivity index (χ0) is 12.8. The van der Waals surface area contributed by atoms with Gasteiger partial charge < -0.3 is 9.47 Å². The number of methoxy groups -OCH3 is 1. The van der Waals surface area contributed by atoms with E-state index in [1.54, 1.807) is 31.4 Å². The minimum atomic E-state index is -0.0474. The fraction of sp³-hybridized carbons (Fsp3) is 0.385. The number of ketones is 1. The number of benzene rings is 1. The first-order valence-corrected chi connectivity index (χ1v) is 5.35. The Bertz CT molecular complexity index is 417. The molecule has 0 aliphatic heterocycles. The summed E-state index contributed by atoms with van der Waals surface area (Å²) in [4.78, 5) is 11.8. The molecule has 0 radical (unpaired) electrons. The predicted molar refractivity (Wildman–Crippen MR) is 66.1 cm³/mol. The van der Waals surface area contributed by atoms with Crippen molar-refractivity contribution >= 4 is 11.7 Å². The molecule has 0 aliphatic rings. The Morgan fingerprint density at radius 1 is 1.24 bits per heavy atom. The molecule has 0 aromatic heterocycles. The monoisotopic (exact) mass is 236 g/mol. The van der Waals surface area contributed by atoms with Crippen molar-refractivity contribution in [2.24, 2.45) is 0 Å². The summed E-state index contributed by atoms with van der Waals surface area (Å²) in [7, 11) is 5.33. The third-order valence-corrected chi connectivity index (χ3v) is 2.45. The maximum Gasteiger partial charge on any atom is 0.333 e. The first-order valence-electron chi connectivity index (χ1n) is 5.35. The molecule has 0 fully saturated rings. The van der Waals surface area contributed by atoms with Gasteiger partial charge in [0, 0.05) is 5.56 Å². The summed E-state index contributed by atoms with van der Waals surface area (Å²) in [6, 6.07) is 6.98. The SMILES string of the molecule is COc1ccc(C(=O)COC(C)=[N+](C)C)cc1. The molecule has 1 aromatic carbocycles. The van der Waals surface area contributed by atoms with Crippen molar-refractivity contribution in [3.8, 4) is 5.75 Å². The Hall–Kier alpha value is -1.84. The largest absolute Gasteiger partial charge is 0.497 e. The Morgan fingerprint density at radius 3 is 2.29 bits per heavy atom. The zero-order valence-corrected chi connectivity index (χ0v) is 10.7. The number of nitrogens with zero attached hydrogens (tertiary/aromatic N) is 1. The molecule has 0 atom stereocenters. The van der Waals surface area contributed by atoms with Gasteiger partial charge in [-0.2, -0.15) is 0 Å². The van der Waals surface area contributed by atoms with Crippen LogP contribution in [-0.4, -0.2) is 44.1 Å². The van der Waals surface area contributed by atoms with Crippen LogP contribution >= 0.6 is 0 Å². The van der Waals surface area contributed by atoms with Crippen LogP contribution < -0.4 is 4.74 Å². The third kappa shape index (κ3) is 3.90. The van der Waals surface area contributed by atoms with E-state index in [1.165, 1.54) is 0 Å². The predicted octanol–water partition coefficient (Wildman–Crippen LogP) is 1.58. The van der Waals surface area contributed by atoms with E-state index in [1.807, 2.05) is 25.6 Å². The van der Waals surface area contributed by atoms with Crippen molar-refractivity contribution in [3.63, 3.8) is 0 Å². The van der Waals surface area contributed by atoms with Crippen molar-refractivity contribution in [3.05, 3.63) is 29.8 Å². The van der Waals surface area contributed by atoms with Crippen LogP contribution in [0.15, 0.2) is 24.3 Å². The van der Waals surface area contributed by atoms with Gasteiger partial charge in [-0.3, -0.25) is 4.79 Å². The quantitative estimate of drug-likeness (QED) is 0.345. The molecule has 0 amide bonds. The first-order chi connectivity index (χ1) is 8.04. The maximum atomic E-state index is 11.8. The molecule has 4 nitrogen and oxygen atoms in total. The summed E-state index contributed by atoms with van der Waals surface area (Å²) in [5.74, 6) is 1.40. The fourth-order valence-electron chi connectivity index (χ4n) is 1.16. The molecule has 4 heteroatoms. The van der Waals surface area contributed by atoms with Crippen molar-refractivity contribution in [1.29, 1.82) is 0 Å². The molecular weight excluding hydrogens is 218 g/mol. The van der Waals surface area contributed by atoms with Crippen LogP contribution in [0.5, 0.6) is 5.75 Å². The molecule has 0 heterocycles. The van der Waals surface area contributed by atoms with Crippen LogP contribution in [0.4, 0.5) is 0 Å². The van der Waals surface area contributed by atoms with Gasteiger partial charge in [-0.25, -0.2) is 4.58 Å². The minimum Gasteiger partial charge on any atom is -0.497 e. The highest BCUT2D eigenvalue weighted by Crippen LogP contribution is 2.11. The first kappa shape index (κ1) is 13.2. The molecule has 0 aliphatic carbocycles. The standard InChI is InChI=1S/C13H18NO3/c1-10(14(2)3)17-9-13(15)11-5-7-12(16-4)8-6-11/h5-8H,9H2,1-4H3/q+1. The molecule has 0 saturated heterocycles. The Kier molecular flexibility index (Phi) is 4.69. The Balaban J connectivity index is 2.61. The lowest BCUT2D eigenvalue weighted by Gasteiger charge is -2.04. The van der Waals surface area contributed by atoms with Gasteiger partial charge in [-0.15, -0.1) is 0 Å². The molecule has 92 valence electrons. The Morgan fingerprint density at radius 2 is 1.82 bits per heavy atom. The van der Waals surface area contributed by atoms with Gasteiger partial charge in [0.05, 0.1) is 14.0 Å². The van der Waals surface area contributed by atoms with Crippen molar-refractivity contribution in [1.82, 2.24) is 0 Å². The highest BCUT2D eigenvalue weighted by molar-refractivity contribution is 5.97. The smallest absolute Gasteiger partial charge is 0.333 e. The van der Waals surface area contributed by atoms with Crippen LogP contribution in [-0.2, 0) is 4.74 Å². The summed E-state index contributed by atoms with van der Waals surface area (Å²) in [5.41, 5.74) is 0.623. The van der Waals surface area contributed by atoms with Gasteiger partial charge in [-0.05, 0) is 24.3 Å². The van der Waals surface area contributed by atoms with Crippen LogP contribution in [0.25, 0.3) is 0 Å². The molecular formula is C13H18NO3+. The third-order valence-electron chi connectivity index (χ3n) is 2.45. The van der Waals surface area contributed by atoms with E-state index >= 15 is 0 Å². The summed E-state index contributed by atoms with van der Waals surface area (Å²) in [5, 5.41) is 0. The lowest BCUT2D eigenvalue weighted by Crippen LogP contribution is -2.18. The van der Waals surface area contributed by atoms with Gasteiger partial charge >= 0.3 is 5.90 Å². The molecule has 17 heavy (non-hydrogen) atoms. The lowest BCUT2D eigenvalue weighted by molar-refractivity contribution is -0.474. The van der Waals surface area contributed by atoms with Crippen molar-refractivity contribution in [2.75, 3.05) is 27.8 Å². The van der Waals surface area contributed by atoms with Crippen molar-refractivity contribution in [2.45, 2.75) is 6.92 Å². The topological polar surface area (TPSA) is 38.5 Å². The van der Waals surface area contributed by atoms with E-state index in [4.69, 9.17) is 9.47 Å². The van der Waals surface area contributed by atoms with Gasteiger partial charge in [-0.1, -0.05) is 0 Å². The lowest BCUT2D eigenvalue weighted by atomic mass is 10.1. The van der Waals surface area contributed by atoms with Gasteiger partial charge in [0.2, 0.25) is 0 Å². The van der Waals surface area contributed by atoms with E-state index < -0.39 is 0 Å². The summed E-state index contributed by atoms with van der Waals surface area (Å²) in [6.07, 6.45) is 0. The number of rotatable bonds is 4. The highest BCUT2D eigenvalue weighted by Gasteiger charge is 2.09. The number of carbonyl (C=O) groups is 1. The van der Waals surface area contributed by atoms with E-state index in [-0.39, 0.29) is 12.4 Å². The second kappa shape index (κ2) is 6.03. The molecule has 0 N–H and O–H groups in total. The number of hydrogen-bond donors (Lipinski definition) is 0. The van der Waals surface area contributed by atoms with Crippen LogP contribution in [0.1, 0.15) is 17.3 Å². The number of ether oxygens (including phenoxy) is 2. The average molecular weight is 236 g/mol. The summed E-state index contributed by atoms with van der Waals surface area (Å²) in [6.45, 7) is 1.87.